The first-order valence-electron chi connectivity index (χ1n) is 7.76. The summed E-state index contributed by atoms with van der Waals surface area (Å²) in [5.41, 5.74) is 1.89. The van der Waals surface area contributed by atoms with Gasteiger partial charge in [-0.3, -0.25) is 4.79 Å². The van der Waals surface area contributed by atoms with E-state index in [1.807, 2.05) is 29.2 Å². The van der Waals surface area contributed by atoms with Gasteiger partial charge in [0.2, 0.25) is 0 Å². The Bertz CT molecular complexity index is 441. The second-order valence-corrected chi connectivity index (χ2v) is 5.98. The number of carbonyl (C=O) groups excluding carboxylic acids is 1. The van der Waals surface area contributed by atoms with Crippen LogP contribution in [0.2, 0.25) is 0 Å². The fourth-order valence-corrected chi connectivity index (χ4v) is 2.87. The average Bonchev–Trinajstić information content (AvgIpc) is 2.45. The van der Waals surface area contributed by atoms with Crippen LogP contribution in [0.3, 0.4) is 0 Å². The van der Waals surface area contributed by atoms with Crippen molar-refractivity contribution in [2.75, 3.05) is 18.4 Å². The number of hydrogen-bond acceptors (Lipinski definition) is 2. The molecule has 2 rings (SSSR count). The first-order valence-corrected chi connectivity index (χ1v) is 7.76. The van der Waals surface area contributed by atoms with Crippen molar-refractivity contribution >= 4 is 11.6 Å². The maximum absolute atomic E-state index is 12.5. The quantitative estimate of drug-likeness (QED) is 0.906. The van der Waals surface area contributed by atoms with Crippen molar-refractivity contribution in [2.24, 2.45) is 5.92 Å². The van der Waals surface area contributed by atoms with Crippen molar-refractivity contribution in [3.8, 4) is 0 Å². The molecule has 3 nitrogen and oxygen atoms in total. The predicted molar refractivity (Wildman–Crippen MR) is 84.1 cm³/mol. The third kappa shape index (κ3) is 3.53. The first-order chi connectivity index (χ1) is 9.61. The third-order valence-corrected chi connectivity index (χ3v) is 4.11. The average molecular weight is 274 g/mol. The molecule has 110 valence electrons. The van der Waals surface area contributed by atoms with Gasteiger partial charge in [-0.2, -0.15) is 0 Å². The van der Waals surface area contributed by atoms with E-state index < -0.39 is 0 Å². The summed E-state index contributed by atoms with van der Waals surface area (Å²) >= 11 is 0. The molecule has 1 aliphatic rings. The van der Waals surface area contributed by atoms with E-state index in [1.165, 1.54) is 0 Å². The Kier molecular flexibility index (Phi) is 5.05. The minimum atomic E-state index is 0.173. The number of piperidine rings is 1. The van der Waals surface area contributed by atoms with Crippen molar-refractivity contribution < 1.29 is 4.79 Å². The monoisotopic (exact) mass is 274 g/mol. The van der Waals surface area contributed by atoms with Crippen LogP contribution in [-0.2, 0) is 0 Å². The van der Waals surface area contributed by atoms with E-state index in [-0.39, 0.29) is 5.91 Å². The van der Waals surface area contributed by atoms with Gasteiger partial charge in [-0.15, -0.1) is 0 Å². The molecule has 0 aliphatic carbocycles. The van der Waals surface area contributed by atoms with Crippen LogP contribution >= 0.6 is 0 Å². The standard InChI is InChI=1S/C17H26N2O/c1-4-10-18-16-7-5-15(6-8-16)17(20)19-11-9-13(2)12-14(19)3/h5-8,13-14,18H,4,9-12H2,1-3H3. The fourth-order valence-electron chi connectivity index (χ4n) is 2.87. The Labute approximate surface area is 122 Å². The summed E-state index contributed by atoms with van der Waals surface area (Å²) in [5, 5.41) is 3.33. The zero-order chi connectivity index (χ0) is 14.5. The van der Waals surface area contributed by atoms with Crippen molar-refractivity contribution in [3.63, 3.8) is 0 Å². The molecule has 1 N–H and O–H groups in total. The summed E-state index contributed by atoms with van der Waals surface area (Å²) in [4.78, 5) is 14.6. The minimum absolute atomic E-state index is 0.173. The molecule has 0 aromatic heterocycles. The fraction of sp³-hybridized carbons (Fsp3) is 0.588. The van der Waals surface area contributed by atoms with Gasteiger partial charge in [0.05, 0.1) is 0 Å². The largest absolute Gasteiger partial charge is 0.385 e. The third-order valence-electron chi connectivity index (χ3n) is 4.11. The number of nitrogens with one attached hydrogen (secondary N) is 1. The van der Waals surface area contributed by atoms with Crippen LogP contribution < -0.4 is 5.32 Å². The zero-order valence-corrected chi connectivity index (χ0v) is 12.9. The maximum Gasteiger partial charge on any atom is 0.254 e. The molecule has 0 radical (unpaired) electrons. The number of nitrogens with zero attached hydrogens (tertiary/aromatic N) is 1. The lowest BCUT2D eigenvalue weighted by Crippen LogP contribution is -2.44. The molecule has 2 atom stereocenters. The molecule has 0 saturated carbocycles. The number of likely N-dealkylation sites (tertiary alicyclic amines) is 1. The van der Waals surface area contributed by atoms with Crippen molar-refractivity contribution in [1.82, 2.24) is 4.90 Å². The van der Waals surface area contributed by atoms with Gasteiger partial charge in [0.25, 0.3) is 5.91 Å². The van der Waals surface area contributed by atoms with Gasteiger partial charge < -0.3 is 10.2 Å². The summed E-state index contributed by atoms with van der Waals surface area (Å²) < 4.78 is 0. The highest BCUT2D eigenvalue weighted by atomic mass is 16.2. The van der Waals surface area contributed by atoms with Crippen LogP contribution in [0, 0.1) is 5.92 Å². The Morgan fingerprint density at radius 3 is 2.60 bits per heavy atom. The van der Waals surface area contributed by atoms with Crippen LogP contribution in [0.25, 0.3) is 0 Å². The highest BCUT2D eigenvalue weighted by Crippen LogP contribution is 2.24. The molecule has 1 aromatic rings. The molecule has 1 amide bonds. The Hall–Kier alpha value is -1.51. The number of anilines is 1. The number of rotatable bonds is 4. The topological polar surface area (TPSA) is 32.3 Å². The molecule has 1 aliphatic heterocycles. The highest BCUT2D eigenvalue weighted by Gasteiger charge is 2.27. The van der Waals surface area contributed by atoms with Gasteiger partial charge in [0.1, 0.15) is 0 Å². The van der Waals surface area contributed by atoms with E-state index in [2.05, 4.69) is 26.1 Å². The second-order valence-electron chi connectivity index (χ2n) is 5.98. The van der Waals surface area contributed by atoms with Crippen LogP contribution in [0.15, 0.2) is 24.3 Å². The molecule has 3 heteroatoms. The summed E-state index contributed by atoms with van der Waals surface area (Å²) in [5.74, 6) is 0.904. The maximum atomic E-state index is 12.5. The summed E-state index contributed by atoms with van der Waals surface area (Å²) in [6.07, 6.45) is 3.33. The molecule has 0 bridgehead atoms. The van der Waals surface area contributed by atoms with Gasteiger partial charge in [-0.1, -0.05) is 13.8 Å². The van der Waals surface area contributed by atoms with Gasteiger partial charge in [-0.05, 0) is 56.4 Å². The molecule has 1 saturated heterocycles. The van der Waals surface area contributed by atoms with Crippen LogP contribution in [-0.4, -0.2) is 29.9 Å². The lowest BCUT2D eigenvalue weighted by molar-refractivity contribution is 0.0588. The predicted octanol–water partition coefficient (Wildman–Crippen LogP) is 3.77. The number of amides is 1. The van der Waals surface area contributed by atoms with Gasteiger partial charge in [0.15, 0.2) is 0 Å². The van der Waals surface area contributed by atoms with Gasteiger partial charge >= 0.3 is 0 Å². The molecule has 1 aromatic carbocycles. The van der Waals surface area contributed by atoms with E-state index in [1.54, 1.807) is 0 Å². The Balaban J connectivity index is 2.01. The number of hydrogen-bond donors (Lipinski definition) is 1. The van der Waals surface area contributed by atoms with Crippen molar-refractivity contribution in [2.45, 2.75) is 46.1 Å². The SMILES string of the molecule is CCCNc1ccc(C(=O)N2CCC(C)CC2C)cc1. The van der Waals surface area contributed by atoms with Crippen molar-refractivity contribution in [3.05, 3.63) is 29.8 Å². The smallest absolute Gasteiger partial charge is 0.254 e. The summed E-state index contributed by atoms with van der Waals surface area (Å²) in [6.45, 7) is 8.42. The lowest BCUT2D eigenvalue weighted by atomic mass is 9.93. The number of benzene rings is 1. The van der Waals surface area contributed by atoms with Crippen LogP contribution in [0.1, 0.15) is 50.4 Å². The van der Waals surface area contributed by atoms with E-state index >= 15 is 0 Å². The van der Waals surface area contributed by atoms with E-state index in [0.29, 0.717) is 6.04 Å². The minimum Gasteiger partial charge on any atom is -0.385 e. The van der Waals surface area contributed by atoms with Gasteiger partial charge in [-0.25, -0.2) is 0 Å². The Morgan fingerprint density at radius 1 is 1.30 bits per heavy atom. The van der Waals surface area contributed by atoms with E-state index in [4.69, 9.17) is 0 Å². The summed E-state index contributed by atoms with van der Waals surface area (Å²) in [6, 6.07) is 8.22. The molecule has 0 spiro atoms. The van der Waals surface area contributed by atoms with E-state index in [9.17, 15) is 4.79 Å². The van der Waals surface area contributed by atoms with Crippen LogP contribution in [0.4, 0.5) is 5.69 Å². The first kappa shape index (κ1) is 14.9. The molecule has 1 fully saturated rings. The Morgan fingerprint density at radius 2 is 2.00 bits per heavy atom. The molecule has 20 heavy (non-hydrogen) atoms. The summed E-state index contributed by atoms with van der Waals surface area (Å²) in [7, 11) is 0. The molecule has 1 heterocycles. The molecular formula is C17H26N2O. The highest BCUT2D eigenvalue weighted by molar-refractivity contribution is 5.94. The van der Waals surface area contributed by atoms with E-state index in [0.717, 1.165) is 49.5 Å². The molecular weight excluding hydrogens is 248 g/mol. The van der Waals surface area contributed by atoms with Crippen molar-refractivity contribution in [1.29, 1.82) is 0 Å². The second kappa shape index (κ2) is 6.78. The van der Waals surface area contributed by atoms with Crippen LogP contribution in [0.5, 0.6) is 0 Å². The lowest BCUT2D eigenvalue weighted by Gasteiger charge is -2.36. The van der Waals surface area contributed by atoms with Gasteiger partial charge in [0, 0.05) is 30.4 Å². The zero-order valence-electron chi connectivity index (χ0n) is 12.9. The normalized spacial score (nSPS) is 22.6. The number of carbonyl (C=O) groups is 1. The molecule has 2 unspecified atom stereocenters.